The number of halogens is 2. The predicted molar refractivity (Wildman–Crippen MR) is 293 cm³/mol. The summed E-state index contributed by atoms with van der Waals surface area (Å²) in [7, 11) is -7.19. The number of carboxylic acid groups (broad SMARTS) is 2. The Hall–Kier alpha value is -6.38. The monoisotopic (exact) mass is 1050 g/mol. The summed E-state index contributed by atoms with van der Waals surface area (Å²) >= 11 is 0. The van der Waals surface area contributed by atoms with E-state index in [-0.39, 0.29) is 17.1 Å². The van der Waals surface area contributed by atoms with Gasteiger partial charge in [-0.1, -0.05) is 131 Å². The van der Waals surface area contributed by atoms with Crippen LogP contribution in [-0.4, -0.2) is 63.6 Å². The van der Waals surface area contributed by atoms with Gasteiger partial charge in [-0.15, -0.1) is 0 Å². The van der Waals surface area contributed by atoms with E-state index in [1.54, 1.807) is 36.4 Å². The maximum Gasteiger partial charge on any atom is 0.335 e. The minimum atomic E-state index is -3.98. The number of benzene rings is 6. The van der Waals surface area contributed by atoms with E-state index in [1.807, 2.05) is 66.7 Å². The highest BCUT2D eigenvalue weighted by atomic mass is 32.2. The standard InChI is InChI=1S/C32H41NO4S.C28H31F2NO4S/c1-2-3-11-26-17-22-30(23-18-26)38(36,37)25-10-6-4-5-9-24-33-31-13-8-7-12-28(31)19-14-27-15-20-29(21-16-27)32(34)35;29-24-10-8-11-25(30)27(24)36(34,35)20-7-3-1-2-6-19-31-26-12-5-4-9-22(26)16-13-21-14-17-23(18-15-21)28(32)33/h7-8,12-13,15-18,20-23,33H,2-6,9-11,14,19,24-25H2,1H3,(H,34,35);4-5,8-12,14-15,17-18,31H,1-3,6-7,13,16,19-20H2,(H,32,33). The molecule has 6 rings (SSSR count). The molecule has 0 aromatic heterocycles. The molecule has 0 atom stereocenters. The molecule has 14 heteroatoms. The van der Waals surface area contributed by atoms with Gasteiger partial charge in [-0.05, 0) is 153 Å². The zero-order valence-electron chi connectivity index (χ0n) is 42.5. The lowest BCUT2D eigenvalue weighted by Crippen LogP contribution is -2.11. The molecule has 6 aromatic carbocycles. The van der Waals surface area contributed by atoms with Crippen LogP contribution in [0, 0.1) is 11.6 Å². The normalized spacial score (nSPS) is 11.4. The van der Waals surface area contributed by atoms with Crippen LogP contribution in [0.25, 0.3) is 0 Å². The van der Waals surface area contributed by atoms with Crippen molar-refractivity contribution < 1.29 is 45.4 Å². The summed E-state index contributed by atoms with van der Waals surface area (Å²) < 4.78 is 77.3. The molecule has 6 aromatic rings. The van der Waals surface area contributed by atoms with Gasteiger partial charge in [0.1, 0.15) is 16.5 Å². The van der Waals surface area contributed by atoms with Gasteiger partial charge in [-0.2, -0.15) is 0 Å². The summed E-state index contributed by atoms with van der Waals surface area (Å²) in [6.07, 6.45) is 15.1. The summed E-state index contributed by atoms with van der Waals surface area (Å²) in [6, 6.07) is 40.9. The van der Waals surface area contributed by atoms with Crippen molar-refractivity contribution in [2.75, 3.05) is 35.2 Å². The Labute approximate surface area is 437 Å². The lowest BCUT2D eigenvalue weighted by Gasteiger charge is -2.12. The van der Waals surface area contributed by atoms with Crippen LogP contribution in [0.3, 0.4) is 0 Å². The fraction of sp³-hybridized carbons (Fsp3) is 0.367. The first-order chi connectivity index (χ1) is 35.7. The molecule has 0 radical (unpaired) electrons. The Morgan fingerprint density at radius 3 is 1.27 bits per heavy atom. The Bertz CT molecular complexity index is 2870. The van der Waals surface area contributed by atoms with Crippen molar-refractivity contribution in [2.45, 2.75) is 126 Å². The molecule has 74 heavy (non-hydrogen) atoms. The Balaban J connectivity index is 0.000000274. The van der Waals surface area contributed by atoms with Gasteiger partial charge in [0.05, 0.1) is 27.5 Å². The van der Waals surface area contributed by atoms with Crippen molar-refractivity contribution in [1.82, 2.24) is 0 Å². The van der Waals surface area contributed by atoms with Crippen molar-refractivity contribution in [3.05, 3.63) is 190 Å². The number of nitrogens with one attached hydrogen (secondary N) is 2. The van der Waals surface area contributed by atoms with Gasteiger partial charge >= 0.3 is 11.9 Å². The van der Waals surface area contributed by atoms with Gasteiger partial charge in [-0.25, -0.2) is 35.2 Å². The number of hydrogen-bond donors (Lipinski definition) is 4. The van der Waals surface area contributed by atoms with Crippen molar-refractivity contribution in [3.8, 4) is 0 Å². The fourth-order valence-corrected chi connectivity index (χ4v) is 11.5. The number of carbonyl (C=O) groups is 2. The first kappa shape index (κ1) is 58.5. The number of unbranched alkanes of at least 4 members (excludes halogenated alkanes) is 9. The zero-order chi connectivity index (χ0) is 53.2. The molecule has 0 heterocycles. The minimum Gasteiger partial charge on any atom is -0.478 e. The molecule has 0 aliphatic heterocycles. The summed E-state index contributed by atoms with van der Waals surface area (Å²) in [4.78, 5) is 21.6. The molecular formula is C60H72F2N2O8S2. The van der Waals surface area contributed by atoms with Crippen LogP contribution in [0.4, 0.5) is 20.2 Å². The SMILES string of the molecule is CCCCc1ccc(S(=O)(=O)CCCCCCCNc2ccccc2CCc2ccc(C(=O)O)cc2)cc1.O=C(O)c1ccc(CCc2ccccc2NCCCCCCCS(=O)(=O)c2c(F)cccc2F)cc1. The second-order valence-electron chi connectivity index (χ2n) is 18.6. The predicted octanol–water partition coefficient (Wildman–Crippen LogP) is 13.6. The number of carboxylic acids is 2. The molecule has 396 valence electrons. The van der Waals surface area contributed by atoms with Gasteiger partial charge in [0, 0.05) is 24.5 Å². The van der Waals surface area contributed by atoms with Crippen LogP contribution >= 0.6 is 0 Å². The molecule has 0 saturated heterocycles. The highest BCUT2D eigenvalue weighted by Crippen LogP contribution is 2.23. The van der Waals surface area contributed by atoms with Crippen molar-refractivity contribution in [1.29, 1.82) is 0 Å². The number of aryl methyl sites for hydroxylation is 5. The van der Waals surface area contributed by atoms with Crippen LogP contribution in [0.1, 0.15) is 133 Å². The topological polar surface area (TPSA) is 167 Å². The van der Waals surface area contributed by atoms with E-state index in [1.165, 1.54) is 16.7 Å². The molecule has 0 spiro atoms. The van der Waals surface area contributed by atoms with Crippen LogP contribution in [0.5, 0.6) is 0 Å². The summed E-state index contributed by atoms with van der Waals surface area (Å²) in [5.41, 5.74) is 8.63. The molecule has 0 fully saturated rings. The Kier molecular flexibility index (Phi) is 24.3. The molecule has 0 aliphatic rings. The van der Waals surface area contributed by atoms with E-state index in [0.29, 0.717) is 29.7 Å². The molecule has 0 saturated carbocycles. The summed E-state index contributed by atoms with van der Waals surface area (Å²) in [5, 5.41) is 25.1. The third-order valence-corrected chi connectivity index (χ3v) is 16.6. The first-order valence-corrected chi connectivity index (χ1v) is 29.2. The molecule has 4 N–H and O–H groups in total. The molecule has 0 amide bonds. The van der Waals surface area contributed by atoms with E-state index in [4.69, 9.17) is 10.2 Å². The van der Waals surface area contributed by atoms with E-state index in [9.17, 15) is 35.2 Å². The van der Waals surface area contributed by atoms with Crippen LogP contribution in [0.15, 0.2) is 149 Å². The molecular weight excluding hydrogens is 979 g/mol. The van der Waals surface area contributed by atoms with Gasteiger partial charge < -0.3 is 20.8 Å². The Morgan fingerprint density at radius 1 is 0.432 bits per heavy atom. The molecule has 0 bridgehead atoms. The Morgan fingerprint density at radius 2 is 0.824 bits per heavy atom. The van der Waals surface area contributed by atoms with Crippen LogP contribution < -0.4 is 10.6 Å². The second kappa shape index (κ2) is 30.7. The van der Waals surface area contributed by atoms with Gasteiger partial charge in [-0.3, -0.25) is 0 Å². The van der Waals surface area contributed by atoms with E-state index in [0.717, 1.165) is 144 Å². The largest absolute Gasteiger partial charge is 0.478 e. The first-order valence-electron chi connectivity index (χ1n) is 25.9. The lowest BCUT2D eigenvalue weighted by molar-refractivity contribution is 0.0686. The van der Waals surface area contributed by atoms with Crippen LogP contribution in [-0.2, 0) is 51.8 Å². The quantitative estimate of drug-likeness (QED) is 0.0308. The maximum atomic E-state index is 13.8. The van der Waals surface area contributed by atoms with E-state index in [2.05, 4.69) is 35.8 Å². The number of sulfone groups is 2. The number of anilines is 2. The summed E-state index contributed by atoms with van der Waals surface area (Å²) in [6.45, 7) is 3.82. The lowest BCUT2D eigenvalue weighted by atomic mass is 10.0. The second-order valence-corrected chi connectivity index (χ2v) is 22.8. The van der Waals surface area contributed by atoms with Gasteiger partial charge in [0.15, 0.2) is 19.7 Å². The third-order valence-electron chi connectivity index (χ3n) is 12.9. The third kappa shape index (κ3) is 19.8. The molecule has 0 aliphatic carbocycles. The zero-order valence-corrected chi connectivity index (χ0v) is 44.2. The number of rotatable bonds is 31. The maximum absolute atomic E-state index is 13.8. The average molecular weight is 1050 g/mol. The highest BCUT2D eigenvalue weighted by molar-refractivity contribution is 7.91. The number of aromatic carboxylic acids is 2. The number of hydrogen-bond acceptors (Lipinski definition) is 8. The summed E-state index contributed by atoms with van der Waals surface area (Å²) in [5.74, 6) is -3.98. The average Bonchev–Trinajstić information content (AvgIpc) is 3.39. The van der Waals surface area contributed by atoms with Crippen molar-refractivity contribution in [2.24, 2.45) is 0 Å². The highest BCUT2D eigenvalue weighted by Gasteiger charge is 2.23. The van der Waals surface area contributed by atoms with Gasteiger partial charge in [0.25, 0.3) is 0 Å². The minimum absolute atomic E-state index is 0.214. The van der Waals surface area contributed by atoms with E-state index < -0.39 is 48.1 Å². The van der Waals surface area contributed by atoms with Gasteiger partial charge in [0.2, 0.25) is 0 Å². The van der Waals surface area contributed by atoms with Crippen molar-refractivity contribution >= 4 is 43.0 Å². The van der Waals surface area contributed by atoms with Crippen LogP contribution in [0.2, 0.25) is 0 Å². The molecule has 10 nitrogen and oxygen atoms in total. The van der Waals surface area contributed by atoms with E-state index >= 15 is 0 Å². The number of para-hydroxylation sites is 2. The fourth-order valence-electron chi connectivity index (χ4n) is 8.59. The molecule has 0 unspecified atom stereocenters. The van der Waals surface area contributed by atoms with Crippen molar-refractivity contribution in [3.63, 3.8) is 0 Å². The smallest absolute Gasteiger partial charge is 0.335 e.